The molecule has 3 heterocycles. The summed E-state index contributed by atoms with van der Waals surface area (Å²) >= 11 is 3.66. The zero-order valence-corrected chi connectivity index (χ0v) is 20.9. The van der Waals surface area contributed by atoms with Crippen molar-refractivity contribution in [3.05, 3.63) is 29.3 Å². The Morgan fingerprint density at radius 2 is 1.97 bits per heavy atom. The van der Waals surface area contributed by atoms with Gasteiger partial charge in [-0.3, -0.25) is 14.4 Å². The van der Waals surface area contributed by atoms with Gasteiger partial charge in [-0.2, -0.15) is 0 Å². The highest BCUT2D eigenvalue weighted by atomic mass is 79.9. The third-order valence-corrected chi connectivity index (χ3v) is 8.02. The minimum atomic E-state index is -1.08. The molecule has 180 valence electrons. The van der Waals surface area contributed by atoms with Crippen LogP contribution in [0.25, 0.3) is 0 Å². The number of carbonyl (C=O) groups excluding carboxylic acids is 3. The average Bonchev–Trinajstić information content (AvgIpc) is 3.36. The molecule has 6 atom stereocenters. The van der Waals surface area contributed by atoms with E-state index in [0.29, 0.717) is 19.4 Å². The van der Waals surface area contributed by atoms with Crippen molar-refractivity contribution in [3.8, 4) is 0 Å². The van der Waals surface area contributed by atoms with E-state index >= 15 is 0 Å². The van der Waals surface area contributed by atoms with E-state index in [-0.39, 0.29) is 35.7 Å². The Kier molecular flexibility index (Phi) is 6.85. The number of anilines is 1. The standard InChI is InChI=1S/C24H32BrN3O5/c1-4-9-26-21(30)16-17-23(32)28(10-6-11-29)20(24(17)12-15(25)19(16)33-24)22(31)27-18-13(2)7-5-8-14(18)3/h5,7-8,15-17,19-20,29H,4,6,9-12H2,1-3H3,(H,26,30)(H,27,31)/t15?,16-,17+,19-,20?,24?/m1/s1. The second kappa shape index (κ2) is 9.35. The number of nitrogens with one attached hydrogen (secondary N) is 2. The number of carbonyl (C=O) groups is 3. The number of amides is 3. The molecule has 33 heavy (non-hydrogen) atoms. The fourth-order valence-corrected chi connectivity index (χ4v) is 6.72. The monoisotopic (exact) mass is 521 g/mol. The summed E-state index contributed by atoms with van der Waals surface area (Å²) < 4.78 is 6.43. The molecule has 0 aliphatic carbocycles. The van der Waals surface area contributed by atoms with Gasteiger partial charge in [0.1, 0.15) is 11.6 Å². The number of aryl methyl sites for hydroxylation is 2. The Labute approximate surface area is 202 Å². The molecule has 0 aromatic heterocycles. The number of likely N-dealkylation sites (tertiary alicyclic amines) is 1. The zero-order chi connectivity index (χ0) is 23.9. The van der Waals surface area contributed by atoms with E-state index in [1.165, 1.54) is 4.90 Å². The molecule has 0 radical (unpaired) electrons. The van der Waals surface area contributed by atoms with Crippen LogP contribution >= 0.6 is 15.9 Å². The summed E-state index contributed by atoms with van der Waals surface area (Å²) in [5, 5.41) is 15.4. The minimum Gasteiger partial charge on any atom is -0.396 e. The molecule has 3 amide bonds. The van der Waals surface area contributed by atoms with Gasteiger partial charge in [-0.15, -0.1) is 0 Å². The summed E-state index contributed by atoms with van der Waals surface area (Å²) in [6.07, 6.45) is 1.13. The number of hydrogen-bond acceptors (Lipinski definition) is 5. The maximum absolute atomic E-state index is 13.8. The lowest BCUT2D eigenvalue weighted by Crippen LogP contribution is -2.54. The summed E-state index contributed by atoms with van der Waals surface area (Å²) in [5.41, 5.74) is 1.49. The zero-order valence-electron chi connectivity index (χ0n) is 19.3. The summed E-state index contributed by atoms with van der Waals surface area (Å²) in [7, 11) is 0. The van der Waals surface area contributed by atoms with Crippen LogP contribution in [-0.2, 0) is 19.1 Å². The lowest BCUT2D eigenvalue weighted by molar-refractivity contribution is -0.140. The van der Waals surface area contributed by atoms with Crippen LogP contribution in [0.1, 0.15) is 37.3 Å². The number of ether oxygens (including phenoxy) is 1. The van der Waals surface area contributed by atoms with E-state index in [1.807, 2.05) is 39.0 Å². The first-order chi connectivity index (χ1) is 15.8. The second-order valence-electron chi connectivity index (χ2n) is 9.32. The van der Waals surface area contributed by atoms with Crippen LogP contribution in [0.15, 0.2) is 18.2 Å². The van der Waals surface area contributed by atoms with Gasteiger partial charge in [0.25, 0.3) is 0 Å². The summed E-state index contributed by atoms with van der Waals surface area (Å²) in [5.74, 6) is -2.15. The molecular weight excluding hydrogens is 490 g/mol. The molecule has 3 unspecified atom stereocenters. The van der Waals surface area contributed by atoms with E-state index in [1.54, 1.807) is 0 Å². The number of nitrogens with zero attached hydrogens (tertiary/aromatic N) is 1. The lowest BCUT2D eigenvalue weighted by atomic mass is 9.70. The fraction of sp³-hybridized carbons (Fsp3) is 0.625. The Morgan fingerprint density at radius 3 is 2.61 bits per heavy atom. The van der Waals surface area contributed by atoms with Crippen molar-refractivity contribution in [3.63, 3.8) is 0 Å². The molecule has 3 fully saturated rings. The first-order valence-corrected chi connectivity index (χ1v) is 12.6. The Bertz CT molecular complexity index is 936. The van der Waals surface area contributed by atoms with E-state index < -0.39 is 29.6 Å². The molecule has 3 N–H and O–H groups in total. The molecule has 4 rings (SSSR count). The highest BCUT2D eigenvalue weighted by Crippen LogP contribution is 2.60. The number of aliphatic hydroxyl groups is 1. The van der Waals surface area contributed by atoms with Crippen LogP contribution in [0.2, 0.25) is 0 Å². The number of alkyl halides is 1. The fourth-order valence-electron chi connectivity index (χ4n) is 5.78. The molecule has 3 saturated heterocycles. The van der Waals surface area contributed by atoms with Gasteiger partial charge >= 0.3 is 0 Å². The Balaban J connectivity index is 1.71. The van der Waals surface area contributed by atoms with Crippen molar-refractivity contribution in [2.45, 2.75) is 62.6 Å². The topological polar surface area (TPSA) is 108 Å². The molecule has 0 saturated carbocycles. The maximum atomic E-state index is 13.8. The molecule has 1 aromatic carbocycles. The second-order valence-corrected chi connectivity index (χ2v) is 10.5. The van der Waals surface area contributed by atoms with Crippen LogP contribution < -0.4 is 10.6 Å². The van der Waals surface area contributed by atoms with Crippen LogP contribution in [0.4, 0.5) is 5.69 Å². The molecule has 3 aliphatic heterocycles. The minimum absolute atomic E-state index is 0.0996. The summed E-state index contributed by atoms with van der Waals surface area (Å²) in [4.78, 5) is 41.9. The van der Waals surface area contributed by atoms with Crippen molar-refractivity contribution in [2.24, 2.45) is 11.8 Å². The largest absolute Gasteiger partial charge is 0.396 e. The van der Waals surface area contributed by atoms with E-state index in [0.717, 1.165) is 23.2 Å². The molecular formula is C24H32BrN3O5. The van der Waals surface area contributed by atoms with Crippen molar-refractivity contribution < 1.29 is 24.2 Å². The van der Waals surface area contributed by atoms with E-state index in [4.69, 9.17) is 4.74 Å². The third-order valence-electron chi connectivity index (χ3n) is 7.18. The quantitative estimate of drug-likeness (QED) is 0.452. The third kappa shape index (κ3) is 3.88. The van der Waals surface area contributed by atoms with Crippen LogP contribution in [0.3, 0.4) is 0 Å². The number of halogens is 1. The predicted molar refractivity (Wildman–Crippen MR) is 127 cm³/mol. The van der Waals surface area contributed by atoms with Gasteiger partial charge in [-0.05, 0) is 44.2 Å². The molecule has 9 heteroatoms. The smallest absolute Gasteiger partial charge is 0.250 e. The molecule has 2 bridgehead atoms. The maximum Gasteiger partial charge on any atom is 0.250 e. The van der Waals surface area contributed by atoms with Gasteiger partial charge in [0.2, 0.25) is 17.7 Å². The number of fused-ring (bicyclic) bond motifs is 1. The van der Waals surface area contributed by atoms with E-state index in [9.17, 15) is 19.5 Å². The van der Waals surface area contributed by atoms with Crippen molar-refractivity contribution >= 4 is 39.3 Å². The van der Waals surface area contributed by atoms with E-state index in [2.05, 4.69) is 26.6 Å². The van der Waals surface area contributed by atoms with Gasteiger partial charge in [-0.1, -0.05) is 41.1 Å². The van der Waals surface area contributed by atoms with Crippen LogP contribution in [0, 0.1) is 25.7 Å². The summed E-state index contributed by atoms with van der Waals surface area (Å²) in [6, 6.07) is 4.90. The van der Waals surface area contributed by atoms with Crippen molar-refractivity contribution in [1.82, 2.24) is 10.2 Å². The van der Waals surface area contributed by atoms with Gasteiger partial charge < -0.3 is 25.4 Å². The number of rotatable bonds is 8. The molecule has 1 aromatic rings. The Hall–Kier alpha value is -1.97. The summed E-state index contributed by atoms with van der Waals surface area (Å²) in [6.45, 7) is 6.46. The number of hydrogen-bond donors (Lipinski definition) is 3. The first-order valence-electron chi connectivity index (χ1n) is 11.6. The van der Waals surface area contributed by atoms with Crippen LogP contribution in [-0.4, -0.2) is 70.0 Å². The SMILES string of the molecule is CCCNC(=O)[C@H]1[C@@H]2OC3(CC2Br)C(C(=O)Nc2c(C)cccc2C)N(CCCO)C(=O)[C@H]13. The van der Waals surface area contributed by atoms with Crippen molar-refractivity contribution in [1.29, 1.82) is 0 Å². The van der Waals surface area contributed by atoms with Gasteiger partial charge in [0, 0.05) is 30.2 Å². The molecule has 8 nitrogen and oxygen atoms in total. The first kappa shape index (κ1) is 24.2. The predicted octanol–water partition coefficient (Wildman–Crippen LogP) is 1.90. The van der Waals surface area contributed by atoms with Gasteiger partial charge in [-0.25, -0.2) is 0 Å². The highest BCUT2D eigenvalue weighted by Gasteiger charge is 2.76. The Morgan fingerprint density at radius 1 is 1.27 bits per heavy atom. The van der Waals surface area contributed by atoms with Gasteiger partial charge in [0.15, 0.2) is 0 Å². The lowest BCUT2D eigenvalue weighted by Gasteiger charge is -2.34. The highest BCUT2D eigenvalue weighted by molar-refractivity contribution is 9.09. The number of aliphatic hydroxyl groups excluding tert-OH is 1. The van der Waals surface area contributed by atoms with Gasteiger partial charge in [0.05, 0.1) is 17.9 Å². The van der Waals surface area contributed by atoms with Crippen LogP contribution in [0.5, 0.6) is 0 Å². The van der Waals surface area contributed by atoms with Crippen molar-refractivity contribution in [2.75, 3.05) is 25.0 Å². The normalized spacial score (nSPS) is 32.2. The molecule has 3 aliphatic rings. The molecule has 1 spiro atoms. The average molecular weight is 522 g/mol. The number of benzene rings is 1. The number of para-hydroxylation sites is 1.